The first-order valence-corrected chi connectivity index (χ1v) is 5.27. The maximum Gasteiger partial charge on any atom is 1.00 e. The maximum absolute atomic E-state index is 12.5. The predicted octanol–water partition coefficient (Wildman–Crippen LogP) is -0.660. The van der Waals surface area contributed by atoms with Crippen molar-refractivity contribution >= 4 is 34.6 Å². The van der Waals surface area contributed by atoms with Crippen molar-refractivity contribution in [3.63, 3.8) is 0 Å². The maximum atomic E-state index is 12.5. The van der Waals surface area contributed by atoms with Crippen molar-refractivity contribution in [3.05, 3.63) is 29.8 Å². The number of anilines is 2. The molecule has 0 bridgehead atoms. The molecular weight excluding hydrogens is 277 g/mol. The van der Waals surface area contributed by atoms with Gasteiger partial charge in [-0.1, -0.05) is 29.5 Å². The van der Waals surface area contributed by atoms with Crippen LogP contribution in [0, 0.1) is 0 Å². The van der Waals surface area contributed by atoms with E-state index in [0.717, 1.165) is 12.1 Å². The summed E-state index contributed by atoms with van der Waals surface area (Å²) >= 11 is 1.22. The van der Waals surface area contributed by atoms with Crippen LogP contribution in [0.4, 0.5) is 23.8 Å². The summed E-state index contributed by atoms with van der Waals surface area (Å²) in [5.74, 6) is 0. The largest absolute Gasteiger partial charge is 1.00 e. The summed E-state index contributed by atoms with van der Waals surface area (Å²) in [6.45, 7) is -4.97. The Morgan fingerprint density at radius 2 is 2.00 bits per heavy atom. The Bertz CT molecular complexity index is 477. The summed E-state index contributed by atoms with van der Waals surface area (Å²) in [5.41, 5.74) is 1.22. The molecular formula is C8H6BF3KN3S. The van der Waals surface area contributed by atoms with Crippen molar-refractivity contribution < 1.29 is 64.3 Å². The summed E-state index contributed by atoms with van der Waals surface area (Å²) in [5, 5.41) is 10.5. The van der Waals surface area contributed by atoms with E-state index in [0.29, 0.717) is 10.8 Å². The molecule has 0 aliphatic heterocycles. The number of hydrogen-bond acceptors (Lipinski definition) is 4. The van der Waals surface area contributed by atoms with Gasteiger partial charge in [0.05, 0.1) is 0 Å². The Morgan fingerprint density at radius 3 is 2.59 bits per heavy atom. The topological polar surface area (TPSA) is 37.8 Å². The molecule has 0 saturated heterocycles. The van der Waals surface area contributed by atoms with Crippen LogP contribution in [0.25, 0.3) is 0 Å². The Morgan fingerprint density at radius 1 is 1.24 bits per heavy atom. The third kappa shape index (κ3) is 4.34. The first-order valence-electron chi connectivity index (χ1n) is 4.39. The minimum absolute atomic E-state index is 0. The summed E-state index contributed by atoms with van der Waals surface area (Å²) in [7, 11) is 0. The number of nitrogens with zero attached hydrogens (tertiary/aromatic N) is 2. The molecule has 0 spiro atoms. The molecule has 0 aliphatic rings. The average molecular weight is 283 g/mol. The number of nitrogens with one attached hydrogen (secondary N) is 1. The van der Waals surface area contributed by atoms with Crippen molar-refractivity contribution in [1.29, 1.82) is 0 Å². The SMILES string of the molecule is F[B-](F)(F)c1cccc(Nc2nncs2)c1.[K+]. The summed E-state index contributed by atoms with van der Waals surface area (Å²) < 4.78 is 37.4. The Balaban J connectivity index is 0.00000144. The van der Waals surface area contributed by atoms with Gasteiger partial charge in [-0.25, -0.2) is 0 Å². The van der Waals surface area contributed by atoms with E-state index in [1.807, 2.05) is 0 Å². The van der Waals surface area contributed by atoms with Gasteiger partial charge in [0.2, 0.25) is 5.13 Å². The van der Waals surface area contributed by atoms with Gasteiger partial charge in [0.1, 0.15) is 5.51 Å². The summed E-state index contributed by atoms with van der Waals surface area (Å²) in [4.78, 5) is 0. The molecule has 2 aromatic rings. The minimum Gasteiger partial charge on any atom is -0.445 e. The first kappa shape index (κ1) is 15.1. The van der Waals surface area contributed by atoms with Crippen LogP contribution in [0.5, 0.6) is 0 Å². The van der Waals surface area contributed by atoms with Gasteiger partial charge in [-0.2, -0.15) is 0 Å². The second kappa shape index (κ2) is 6.30. The van der Waals surface area contributed by atoms with E-state index >= 15 is 0 Å². The average Bonchev–Trinajstić information content (AvgIpc) is 2.70. The molecule has 1 aromatic carbocycles. The third-order valence-corrected chi connectivity index (χ3v) is 2.48. The third-order valence-electron chi connectivity index (χ3n) is 1.88. The normalized spacial score (nSPS) is 10.8. The van der Waals surface area contributed by atoms with Gasteiger partial charge in [-0.3, -0.25) is 0 Å². The van der Waals surface area contributed by atoms with Crippen LogP contribution >= 0.6 is 11.3 Å². The van der Waals surface area contributed by atoms with Crippen LogP contribution in [0.1, 0.15) is 0 Å². The van der Waals surface area contributed by atoms with Gasteiger partial charge in [0, 0.05) is 5.69 Å². The van der Waals surface area contributed by atoms with Gasteiger partial charge in [0.15, 0.2) is 0 Å². The molecule has 2 rings (SSSR count). The predicted molar refractivity (Wildman–Crippen MR) is 58.3 cm³/mol. The number of benzene rings is 1. The number of aromatic nitrogens is 2. The van der Waals surface area contributed by atoms with E-state index in [4.69, 9.17) is 0 Å². The zero-order chi connectivity index (χ0) is 11.6. The van der Waals surface area contributed by atoms with Crippen LogP contribution in [-0.4, -0.2) is 17.2 Å². The Kier molecular flexibility index (Phi) is 5.61. The zero-order valence-electron chi connectivity index (χ0n) is 8.90. The van der Waals surface area contributed by atoms with Gasteiger partial charge in [0.25, 0.3) is 0 Å². The fourth-order valence-electron chi connectivity index (χ4n) is 1.17. The van der Waals surface area contributed by atoms with E-state index in [-0.39, 0.29) is 51.4 Å². The zero-order valence-corrected chi connectivity index (χ0v) is 12.8. The van der Waals surface area contributed by atoms with Crippen molar-refractivity contribution in [2.45, 2.75) is 0 Å². The van der Waals surface area contributed by atoms with Crippen LogP contribution in [0.2, 0.25) is 0 Å². The molecule has 0 aliphatic carbocycles. The molecule has 84 valence electrons. The fourth-order valence-corrected chi connectivity index (χ4v) is 1.64. The summed E-state index contributed by atoms with van der Waals surface area (Å²) in [6, 6.07) is 5.01. The second-order valence-corrected chi connectivity index (χ2v) is 3.90. The minimum atomic E-state index is -4.97. The number of hydrogen-bond donors (Lipinski definition) is 1. The smallest absolute Gasteiger partial charge is 0.445 e. The van der Waals surface area contributed by atoms with Gasteiger partial charge >= 0.3 is 58.4 Å². The molecule has 0 unspecified atom stereocenters. The van der Waals surface area contributed by atoms with E-state index in [9.17, 15) is 12.9 Å². The van der Waals surface area contributed by atoms with Crippen LogP contribution < -0.4 is 62.2 Å². The molecule has 0 radical (unpaired) electrons. The molecule has 0 saturated carbocycles. The first-order chi connectivity index (χ1) is 7.55. The van der Waals surface area contributed by atoms with Crippen molar-refractivity contribution in [2.24, 2.45) is 0 Å². The molecule has 3 nitrogen and oxygen atoms in total. The Labute approximate surface area is 142 Å². The van der Waals surface area contributed by atoms with Gasteiger partial charge < -0.3 is 18.3 Å². The van der Waals surface area contributed by atoms with Crippen LogP contribution in [0.15, 0.2) is 29.8 Å². The molecule has 0 amide bonds. The fraction of sp³-hybridized carbons (Fsp3) is 0. The monoisotopic (exact) mass is 283 g/mol. The molecule has 0 fully saturated rings. The van der Waals surface area contributed by atoms with Crippen LogP contribution in [0.3, 0.4) is 0 Å². The molecule has 1 N–H and O–H groups in total. The van der Waals surface area contributed by atoms with E-state index in [1.54, 1.807) is 6.07 Å². The number of rotatable bonds is 3. The molecule has 1 heterocycles. The standard InChI is InChI=1S/C8H6BF3N3S.K/c10-9(11,12)6-2-1-3-7(4-6)14-8-15-13-5-16-8;/h1-5H,(H,14,15);/q-1;+1. The Hall–Kier alpha value is 0.0713. The van der Waals surface area contributed by atoms with Crippen molar-refractivity contribution in [1.82, 2.24) is 10.2 Å². The second-order valence-electron chi connectivity index (χ2n) is 3.07. The molecule has 1 aromatic heterocycles. The summed E-state index contributed by atoms with van der Waals surface area (Å²) in [6.07, 6.45) is 0. The van der Waals surface area contributed by atoms with Gasteiger partial charge in [-0.05, 0) is 6.07 Å². The quantitative estimate of drug-likeness (QED) is 0.760. The van der Waals surface area contributed by atoms with Crippen molar-refractivity contribution in [3.8, 4) is 0 Å². The number of halogens is 3. The van der Waals surface area contributed by atoms with E-state index in [2.05, 4.69) is 15.5 Å². The molecule has 9 heteroatoms. The molecule has 17 heavy (non-hydrogen) atoms. The van der Waals surface area contributed by atoms with E-state index < -0.39 is 12.4 Å². The molecule has 0 atom stereocenters. The van der Waals surface area contributed by atoms with Gasteiger partial charge in [-0.15, -0.1) is 15.7 Å². The van der Waals surface area contributed by atoms with E-state index in [1.165, 1.54) is 22.9 Å². The van der Waals surface area contributed by atoms with Crippen LogP contribution in [-0.2, 0) is 0 Å². The van der Waals surface area contributed by atoms with Crippen molar-refractivity contribution in [2.75, 3.05) is 5.32 Å².